The monoisotopic (exact) mass is 303 g/mol. The van der Waals surface area contributed by atoms with Crippen LogP contribution in [0.2, 0.25) is 0 Å². The van der Waals surface area contributed by atoms with Crippen LogP contribution >= 0.6 is 15.9 Å². The molecule has 0 fully saturated rings. The predicted molar refractivity (Wildman–Crippen MR) is 71.1 cm³/mol. The van der Waals surface area contributed by atoms with Crippen molar-refractivity contribution in [3.63, 3.8) is 0 Å². The second-order valence-corrected chi connectivity index (χ2v) is 4.87. The van der Waals surface area contributed by atoms with E-state index in [0.29, 0.717) is 10.1 Å². The summed E-state index contributed by atoms with van der Waals surface area (Å²) in [6, 6.07) is 4.63. The number of hydrogen-bond donors (Lipinski definition) is 0. The number of ketones is 1. The van der Waals surface area contributed by atoms with E-state index in [9.17, 15) is 14.9 Å². The normalized spacial score (nSPS) is 16.5. The predicted octanol–water partition coefficient (Wildman–Crippen LogP) is 3.24. The molecule has 0 atom stereocenters. The maximum Gasteiger partial charge on any atom is 0.270 e. The van der Waals surface area contributed by atoms with Gasteiger partial charge in [-0.25, -0.2) is 0 Å². The first-order valence-corrected chi connectivity index (χ1v) is 6.00. The molecular weight excluding hydrogens is 298 g/mol. The highest BCUT2D eigenvalue weighted by atomic mass is 79.9. The van der Waals surface area contributed by atoms with E-state index in [4.69, 9.17) is 0 Å². The topological polar surface area (TPSA) is 60.2 Å². The van der Waals surface area contributed by atoms with Crippen molar-refractivity contribution in [2.45, 2.75) is 0 Å². The van der Waals surface area contributed by atoms with Gasteiger partial charge < -0.3 is 0 Å². The van der Waals surface area contributed by atoms with Crippen molar-refractivity contribution in [2.24, 2.45) is 0 Å². The van der Waals surface area contributed by atoms with E-state index < -0.39 is 4.92 Å². The van der Waals surface area contributed by atoms with Gasteiger partial charge in [0.15, 0.2) is 0 Å². The molecule has 0 radical (unpaired) electrons. The molecule has 0 saturated carbocycles. The van der Waals surface area contributed by atoms with Crippen molar-refractivity contribution in [3.8, 4) is 0 Å². The van der Waals surface area contributed by atoms with Gasteiger partial charge in [0.1, 0.15) is 0 Å². The average molecular weight is 304 g/mol. The van der Waals surface area contributed by atoms with Gasteiger partial charge in [0, 0.05) is 17.7 Å². The van der Waals surface area contributed by atoms with Crippen molar-refractivity contribution < 1.29 is 9.72 Å². The molecule has 88 valence electrons. The number of non-ortho nitro benzene ring substituents is 1. The molecule has 0 amide bonds. The number of carbonyl (C=O) groups excluding carboxylic acids is 1. The summed E-state index contributed by atoms with van der Waals surface area (Å²) in [4.78, 5) is 22.2. The number of nitro benzene ring substituents is 1. The van der Waals surface area contributed by atoms with Crippen LogP contribution in [0.4, 0.5) is 5.69 Å². The molecule has 2 aliphatic rings. The fourth-order valence-electron chi connectivity index (χ4n) is 2.13. The summed E-state index contributed by atoms with van der Waals surface area (Å²) in [6.45, 7) is 0. The summed E-state index contributed by atoms with van der Waals surface area (Å²) in [5.74, 6) is -0.0913. The number of rotatable bonds is 1. The van der Waals surface area contributed by atoms with Gasteiger partial charge in [-0.15, -0.1) is 0 Å². The molecule has 2 aliphatic carbocycles. The Labute approximate surface area is 111 Å². The minimum atomic E-state index is -0.439. The van der Waals surface area contributed by atoms with Gasteiger partial charge in [-0.1, -0.05) is 6.08 Å². The summed E-state index contributed by atoms with van der Waals surface area (Å²) in [6.07, 6.45) is 5.24. The molecule has 0 heterocycles. The quantitative estimate of drug-likeness (QED) is 0.591. The second-order valence-electron chi connectivity index (χ2n) is 4.01. The number of nitrogens with zero attached hydrogens (tertiary/aromatic N) is 1. The van der Waals surface area contributed by atoms with E-state index in [1.165, 1.54) is 12.1 Å². The third kappa shape index (κ3) is 1.48. The van der Waals surface area contributed by atoms with Crippen LogP contribution in [0.5, 0.6) is 0 Å². The van der Waals surface area contributed by atoms with Gasteiger partial charge in [-0.2, -0.15) is 0 Å². The Bertz CT molecular complexity index is 698. The van der Waals surface area contributed by atoms with Crippen molar-refractivity contribution in [1.29, 1.82) is 0 Å². The van der Waals surface area contributed by atoms with E-state index in [0.717, 1.165) is 16.7 Å². The minimum absolute atomic E-state index is 0.0318. The van der Waals surface area contributed by atoms with Crippen molar-refractivity contribution >= 4 is 39.0 Å². The molecule has 3 rings (SSSR count). The Kier molecular flexibility index (Phi) is 2.31. The Hall–Kier alpha value is -2.01. The van der Waals surface area contributed by atoms with Crippen LogP contribution in [0.25, 0.3) is 11.6 Å². The highest BCUT2D eigenvalue weighted by Gasteiger charge is 2.28. The number of Topliss-reactive ketones (excluding diaryl/α,β-unsaturated/α-hetero) is 1. The molecule has 0 unspecified atom stereocenters. The molecule has 0 saturated heterocycles. The molecule has 0 bridgehead atoms. The van der Waals surface area contributed by atoms with Crippen LogP contribution in [-0.4, -0.2) is 10.7 Å². The standard InChI is InChI=1S/C13H6BrNO3/c14-12-4-3-10-9-2-1-8(15(17)18)5-7(9)6-11(10)13(12)16/h1-6H. The fourth-order valence-corrected chi connectivity index (χ4v) is 2.48. The first-order chi connectivity index (χ1) is 8.58. The van der Waals surface area contributed by atoms with Crippen LogP contribution < -0.4 is 0 Å². The lowest BCUT2D eigenvalue weighted by molar-refractivity contribution is -0.384. The van der Waals surface area contributed by atoms with Gasteiger partial charge in [0.25, 0.3) is 5.69 Å². The van der Waals surface area contributed by atoms with Gasteiger partial charge in [-0.3, -0.25) is 14.9 Å². The van der Waals surface area contributed by atoms with Crippen molar-refractivity contribution in [2.75, 3.05) is 0 Å². The smallest absolute Gasteiger partial charge is 0.270 e. The van der Waals surface area contributed by atoms with Crippen LogP contribution in [-0.2, 0) is 4.79 Å². The zero-order valence-electron chi connectivity index (χ0n) is 9.01. The molecule has 18 heavy (non-hydrogen) atoms. The van der Waals surface area contributed by atoms with E-state index in [1.807, 2.05) is 6.08 Å². The number of benzene rings is 1. The Morgan fingerprint density at radius 1 is 1.17 bits per heavy atom. The number of halogens is 1. The molecule has 1 aromatic rings. The minimum Gasteiger partial charge on any atom is -0.288 e. The van der Waals surface area contributed by atoms with Crippen LogP contribution in [0.15, 0.2) is 40.4 Å². The lowest BCUT2D eigenvalue weighted by atomic mass is 9.96. The Balaban J connectivity index is 2.18. The molecule has 4 nitrogen and oxygen atoms in total. The average Bonchev–Trinajstić information content (AvgIpc) is 2.72. The lowest BCUT2D eigenvalue weighted by Crippen LogP contribution is -2.04. The van der Waals surface area contributed by atoms with Crippen LogP contribution in [0.3, 0.4) is 0 Å². The molecule has 0 spiro atoms. The SMILES string of the molecule is O=C1C(Br)=CC=C2C1=Cc1cc([N+](=O)[O-])ccc12. The molecule has 5 heteroatoms. The zero-order valence-corrected chi connectivity index (χ0v) is 10.6. The van der Waals surface area contributed by atoms with Crippen molar-refractivity contribution in [3.05, 3.63) is 61.6 Å². The van der Waals surface area contributed by atoms with Gasteiger partial charge in [0.2, 0.25) is 5.78 Å². The largest absolute Gasteiger partial charge is 0.288 e. The van der Waals surface area contributed by atoms with Crippen LogP contribution in [0, 0.1) is 10.1 Å². The van der Waals surface area contributed by atoms with E-state index in [1.54, 1.807) is 18.2 Å². The van der Waals surface area contributed by atoms with E-state index in [-0.39, 0.29) is 11.5 Å². The Morgan fingerprint density at radius 3 is 2.67 bits per heavy atom. The first-order valence-electron chi connectivity index (χ1n) is 5.21. The van der Waals surface area contributed by atoms with E-state index in [2.05, 4.69) is 15.9 Å². The third-order valence-corrected chi connectivity index (χ3v) is 3.61. The molecule has 0 aromatic heterocycles. The lowest BCUT2D eigenvalue weighted by Gasteiger charge is -2.09. The number of fused-ring (bicyclic) bond motifs is 3. The summed E-state index contributed by atoms with van der Waals surface area (Å²) >= 11 is 3.19. The van der Waals surface area contributed by atoms with Gasteiger partial charge in [0.05, 0.1) is 9.41 Å². The highest BCUT2D eigenvalue weighted by molar-refractivity contribution is 9.12. The number of hydrogen-bond acceptors (Lipinski definition) is 3. The maximum atomic E-state index is 11.9. The summed E-state index contributed by atoms with van der Waals surface area (Å²) in [5.41, 5.74) is 3.02. The van der Waals surface area contributed by atoms with Crippen LogP contribution in [0.1, 0.15) is 11.1 Å². The number of carbonyl (C=O) groups is 1. The Morgan fingerprint density at radius 2 is 1.94 bits per heavy atom. The number of allylic oxidation sites excluding steroid dienone is 5. The van der Waals surface area contributed by atoms with E-state index >= 15 is 0 Å². The molecule has 1 aromatic carbocycles. The fraction of sp³-hybridized carbons (Fsp3) is 0. The summed E-state index contributed by atoms with van der Waals surface area (Å²) in [5, 5.41) is 10.7. The zero-order chi connectivity index (χ0) is 12.9. The first kappa shape index (κ1) is 11.1. The second kappa shape index (κ2) is 3.74. The summed E-state index contributed by atoms with van der Waals surface area (Å²) in [7, 11) is 0. The maximum absolute atomic E-state index is 11.9. The van der Waals surface area contributed by atoms with Gasteiger partial charge >= 0.3 is 0 Å². The molecule has 0 aliphatic heterocycles. The molecule has 0 N–H and O–H groups in total. The van der Waals surface area contributed by atoms with Crippen molar-refractivity contribution in [1.82, 2.24) is 0 Å². The highest BCUT2D eigenvalue weighted by Crippen LogP contribution is 2.41. The number of nitro groups is 1. The summed E-state index contributed by atoms with van der Waals surface area (Å²) < 4.78 is 0.500. The molecular formula is C13H6BrNO3. The third-order valence-electron chi connectivity index (χ3n) is 2.98. The van der Waals surface area contributed by atoms with Gasteiger partial charge in [-0.05, 0) is 50.8 Å².